The van der Waals surface area contributed by atoms with Gasteiger partial charge in [0.15, 0.2) is 24.8 Å². The van der Waals surface area contributed by atoms with Crippen molar-refractivity contribution in [2.75, 3.05) is 20.8 Å². The molecule has 2 fully saturated rings. The molecule has 10 atom stereocenters. The Hall–Kier alpha value is -4.94. The highest BCUT2D eigenvalue weighted by Gasteiger charge is 2.56. The van der Waals surface area contributed by atoms with E-state index in [4.69, 9.17) is 47.4 Å². The van der Waals surface area contributed by atoms with E-state index in [-0.39, 0.29) is 19.8 Å². The Labute approximate surface area is 324 Å². The lowest BCUT2D eigenvalue weighted by molar-refractivity contribution is -0.350. The zero-order valence-corrected chi connectivity index (χ0v) is 31.4. The van der Waals surface area contributed by atoms with E-state index in [0.717, 1.165) is 30.7 Å². The molecule has 2 heterocycles. The third-order valence-electron chi connectivity index (χ3n) is 8.94. The summed E-state index contributed by atoms with van der Waals surface area (Å²) in [6.45, 7) is 1.85. The van der Waals surface area contributed by atoms with Gasteiger partial charge in [0.2, 0.25) is 0 Å². The molecule has 1 amide bonds. The lowest BCUT2D eigenvalue weighted by Crippen LogP contribution is -2.69. The maximum atomic E-state index is 13.4. The lowest BCUT2D eigenvalue weighted by Gasteiger charge is -2.48. The highest BCUT2D eigenvalue weighted by molar-refractivity contribution is 5.75. The predicted octanol–water partition coefficient (Wildman–Crippen LogP) is 2.96. The van der Waals surface area contributed by atoms with Crippen molar-refractivity contribution < 1.29 is 71.7 Å². The number of carbonyl (C=O) groups excluding carboxylic acids is 4. The molecule has 0 radical (unpaired) electrons. The monoisotopic (exact) mass is 781 g/mol. The molecule has 0 aliphatic carbocycles. The van der Waals surface area contributed by atoms with Gasteiger partial charge in [-0.3, -0.25) is 9.59 Å². The van der Waals surface area contributed by atoms with Crippen LogP contribution in [0.25, 0.3) is 0 Å². The quantitative estimate of drug-likeness (QED) is 0.159. The molecule has 0 saturated carbocycles. The number of hydrogen-bond donors (Lipinski definition) is 2. The highest BCUT2D eigenvalue weighted by Crippen LogP contribution is 2.34. The Morgan fingerprint density at radius 3 is 1.73 bits per heavy atom. The lowest BCUT2D eigenvalue weighted by atomic mass is 9.94. The number of ether oxygens (including phenoxy) is 10. The molecule has 56 heavy (non-hydrogen) atoms. The van der Waals surface area contributed by atoms with Crippen molar-refractivity contribution in [3.63, 3.8) is 0 Å². The topological polar surface area (TPSA) is 193 Å². The fourth-order valence-electron chi connectivity index (χ4n) is 6.30. The van der Waals surface area contributed by atoms with Crippen molar-refractivity contribution in [3.8, 4) is 0 Å². The van der Waals surface area contributed by atoms with Crippen LogP contribution in [-0.4, -0.2) is 111 Å². The number of aliphatic hydroxyl groups excluding tert-OH is 1. The van der Waals surface area contributed by atoms with E-state index in [9.17, 15) is 24.3 Å². The largest absolute Gasteiger partial charge is 0.467 e. The number of carbonyl (C=O) groups is 4. The predicted molar refractivity (Wildman–Crippen MR) is 193 cm³/mol. The Kier molecular flexibility index (Phi) is 15.7. The number of benzene rings is 3. The molecule has 16 nitrogen and oxygen atoms in total. The van der Waals surface area contributed by atoms with Gasteiger partial charge >= 0.3 is 24.0 Å². The highest BCUT2D eigenvalue weighted by atomic mass is 16.8. The summed E-state index contributed by atoms with van der Waals surface area (Å²) in [6.07, 6.45) is -13.6. The molecule has 5 rings (SSSR count). The summed E-state index contributed by atoms with van der Waals surface area (Å²) in [5.41, 5.74) is 2.21. The van der Waals surface area contributed by atoms with Gasteiger partial charge in [0.25, 0.3) is 0 Å². The zero-order valence-electron chi connectivity index (χ0n) is 31.4. The number of hydrogen-bond acceptors (Lipinski definition) is 15. The first-order chi connectivity index (χ1) is 27.1. The Morgan fingerprint density at radius 2 is 1.21 bits per heavy atom. The van der Waals surface area contributed by atoms with Crippen molar-refractivity contribution in [1.29, 1.82) is 0 Å². The molecule has 2 aliphatic heterocycles. The van der Waals surface area contributed by atoms with Crippen molar-refractivity contribution in [2.24, 2.45) is 0 Å². The van der Waals surface area contributed by atoms with Crippen LogP contribution in [0.1, 0.15) is 30.5 Å². The molecule has 3 aromatic rings. The van der Waals surface area contributed by atoms with E-state index in [1.165, 1.54) is 14.0 Å². The first kappa shape index (κ1) is 42.2. The van der Waals surface area contributed by atoms with Crippen LogP contribution in [0, 0.1) is 0 Å². The second-order valence-corrected chi connectivity index (χ2v) is 12.9. The van der Waals surface area contributed by atoms with Crippen LogP contribution in [0.3, 0.4) is 0 Å². The van der Waals surface area contributed by atoms with Gasteiger partial charge in [-0.2, -0.15) is 0 Å². The fraction of sp³-hybridized carbons (Fsp3) is 0.450. The molecule has 0 bridgehead atoms. The summed E-state index contributed by atoms with van der Waals surface area (Å²) in [4.78, 5) is 51.1. The molecule has 0 spiro atoms. The van der Waals surface area contributed by atoms with Gasteiger partial charge in [0, 0.05) is 21.0 Å². The normalized spacial score (nSPS) is 27.4. The maximum absolute atomic E-state index is 13.4. The van der Waals surface area contributed by atoms with Gasteiger partial charge in [-0.05, 0) is 16.7 Å². The molecule has 3 aromatic carbocycles. The number of alkyl carbamates (subject to hydrolysis) is 1. The third-order valence-corrected chi connectivity index (χ3v) is 8.94. The number of methoxy groups -OCH3 is 2. The van der Waals surface area contributed by atoms with Gasteiger partial charge in [0.1, 0.15) is 49.8 Å². The summed E-state index contributed by atoms with van der Waals surface area (Å²) in [5.74, 6) is -2.38. The third kappa shape index (κ3) is 11.5. The molecule has 10 unspecified atom stereocenters. The minimum absolute atomic E-state index is 0.00939. The molecule has 2 saturated heterocycles. The second kappa shape index (κ2) is 20.8. The minimum atomic E-state index is -1.69. The molecular weight excluding hydrogens is 734 g/mol. The molecule has 302 valence electrons. The van der Waals surface area contributed by atoms with Gasteiger partial charge in [-0.1, -0.05) is 91.0 Å². The number of rotatable bonds is 16. The average molecular weight is 782 g/mol. The smallest absolute Gasteiger partial charge is 0.407 e. The summed E-state index contributed by atoms with van der Waals surface area (Å²) in [7, 11) is 2.47. The summed E-state index contributed by atoms with van der Waals surface area (Å²) < 4.78 is 58.7. The van der Waals surface area contributed by atoms with Crippen molar-refractivity contribution in [1.82, 2.24) is 5.32 Å². The van der Waals surface area contributed by atoms with Gasteiger partial charge in [-0.15, -0.1) is 0 Å². The van der Waals surface area contributed by atoms with Crippen molar-refractivity contribution in [2.45, 2.75) is 95.0 Å². The van der Waals surface area contributed by atoms with Crippen LogP contribution >= 0.6 is 0 Å². The van der Waals surface area contributed by atoms with E-state index >= 15 is 0 Å². The second-order valence-electron chi connectivity index (χ2n) is 12.9. The number of esters is 3. The van der Waals surface area contributed by atoms with Crippen molar-refractivity contribution in [3.05, 3.63) is 108 Å². The van der Waals surface area contributed by atoms with E-state index in [0.29, 0.717) is 0 Å². The molecule has 2 aliphatic rings. The zero-order chi connectivity index (χ0) is 40.0. The average Bonchev–Trinajstić information content (AvgIpc) is 3.20. The van der Waals surface area contributed by atoms with Crippen LogP contribution in [0.5, 0.6) is 0 Å². The summed E-state index contributed by atoms with van der Waals surface area (Å²) in [5, 5.41) is 14.2. The first-order valence-corrected chi connectivity index (χ1v) is 17.9. The van der Waals surface area contributed by atoms with E-state index in [1.54, 1.807) is 36.4 Å². The van der Waals surface area contributed by atoms with Crippen molar-refractivity contribution >= 4 is 24.0 Å². The van der Waals surface area contributed by atoms with Gasteiger partial charge < -0.3 is 57.8 Å². The van der Waals surface area contributed by atoms with E-state index in [2.05, 4.69) is 5.32 Å². The van der Waals surface area contributed by atoms with Crippen LogP contribution in [-0.2, 0) is 81.6 Å². The first-order valence-electron chi connectivity index (χ1n) is 17.9. The number of amides is 1. The van der Waals surface area contributed by atoms with Gasteiger partial charge in [0.05, 0.1) is 20.3 Å². The maximum Gasteiger partial charge on any atom is 0.407 e. The fourth-order valence-corrected chi connectivity index (χ4v) is 6.30. The Bertz CT molecular complexity index is 1700. The van der Waals surface area contributed by atoms with Crippen LogP contribution in [0.15, 0.2) is 91.0 Å². The SMILES string of the molecule is COC(=O)C1OC(OC2C(COC(C)=O)OC(OC)C(NC(=O)OCc3ccccc3)C2OCc2ccccc2)C(OC(C)=O)C(OCc2ccccc2)C1O. The molecular formula is C40H47NO15. The number of nitrogens with one attached hydrogen (secondary N) is 1. The molecule has 2 N–H and O–H groups in total. The molecule has 16 heteroatoms. The van der Waals surface area contributed by atoms with E-state index < -0.39 is 92.0 Å². The van der Waals surface area contributed by atoms with Gasteiger partial charge in [-0.25, -0.2) is 9.59 Å². The van der Waals surface area contributed by atoms with Crippen LogP contribution in [0.4, 0.5) is 4.79 Å². The van der Waals surface area contributed by atoms with E-state index in [1.807, 2.05) is 54.6 Å². The Morgan fingerprint density at radius 1 is 0.661 bits per heavy atom. The number of aliphatic hydroxyl groups is 1. The summed E-state index contributed by atoms with van der Waals surface area (Å²) in [6, 6.07) is 26.0. The minimum Gasteiger partial charge on any atom is -0.467 e. The van der Waals surface area contributed by atoms with Crippen LogP contribution < -0.4 is 5.32 Å². The Balaban J connectivity index is 1.52. The molecule has 0 aromatic heterocycles. The summed E-state index contributed by atoms with van der Waals surface area (Å²) >= 11 is 0. The standard InChI is InChI=1S/C40H47NO15/c1-24(42)49-23-29-32(55-39-36(53-25(2)43)34(31(44)35(56-39)37(45)47-3)51-21-27-16-10-6-11-17-27)33(50-20-26-14-8-5-9-15-26)30(38(48-4)54-29)41-40(46)52-22-28-18-12-7-13-19-28/h5-19,29-36,38-39,44H,20-23H2,1-4H3,(H,41,46). The van der Waals surface area contributed by atoms with Crippen LogP contribution in [0.2, 0.25) is 0 Å².